The number of benzene rings is 1. The molecule has 1 aromatic carbocycles. The van der Waals surface area contributed by atoms with E-state index < -0.39 is 34.5 Å². The van der Waals surface area contributed by atoms with E-state index >= 15 is 0 Å². The second-order valence-corrected chi connectivity index (χ2v) is 8.52. The van der Waals surface area contributed by atoms with E-state index in [-0.39, 0.29) is 41.9 Å². The highest BCUT2D eigenvalue weighted by molar-refractivity contribution is 6.00. The smallest absolute Gasteiger partial charge is 0.275 e. The van der Waals surface area contributed by atoms with Crippen molar-refractivity contribution in [3.8, 4) is 5.75 Å². The van der Waals surface area contributed by atoms with Crippen LogP contribution in [-0.4, -0.2) is 57.0 Å². The molecular formula is C23H25F2N3O4. The first-order valence-electron chi connectivity index (χ1n) is 10.7. The number of nitrogens with zero attached hydrogens (tertiary/aromatic N) is 3. The van der Waals surface area contributed by atoms with Crippen molar-refractivity contribution in [2.45, 2.75) is 51.4 Å². The number of likely N-dealkylation sites (N-methyl/N-ethyl adjacent to an activating group) is 1. The molecule has 0 aliphatic carbocycles. The van der Waals surface area contributed by atoms with E-state index in [1.165, 1.54) is 16.8 Å². The molecule has 1 unspecified atom stereocenters. The standard InChI is InChI=1S/C23H25F2N3O4/c1-13-4-3-9-28-19(26(13)2)12-27-11-16(21(30)22(31)20(27)23(28)32)18(29)8-6-14-5-7-15(24)10-17(14)25/h5,7,10-11,13,19,31H,3-4,6,8-9,12H2,1-2H3/t13-,19?/m0/s1. The number of carbonyl (C=O) groups excluding carboxylic acids is 2. The summed E-state index contributed by atoms with van der Waals surface area (Å²) in [7, 11) is 1.93. The van der Waals surface area contributed by atoms with E-state index in [2.05, 4.69) is 11.8 Å². The lowest BCUT2D eigenvalue weighted by atomic mass is 10.0. The zero-order valence-electron chi connectivity index (χ0n) is 18.0. The summed E-state index contributed by atoms with van der Waals surface area (Å²) in [5.41, 5.74) is -1.12. The molecule has 1 fully saturated rings. The fourth-order valence-corrected chi connectivity index (χ4v) is 4.52. The lowest BCUT2D eigenvalue weighted by molar-refractivity contribution is 0.0210. The third-order valence-corrected chi connectivity index (χ3v) is 6.56. The summed E-state index contributed by atoms with van der Waals surface area (Å²) in [6.07, 6.45) is 2.57. The van der Waals surface area contributed by atoms with Gasteiger partial charge in [0.15, 0.2) is 17.2 Å². The Morgan fingerprint density at radius 3 is 2.72 bits per heavy atom. The van der Waals surface area contributed by atoms with Gasteiger partial charge in [0, 0.05) is 31.3 Å². The molecule has 1 N–H and O–H groups in total. The Labute approximate surface area is 183 Å². The molecule has 0 bridgehead atoms. The van der Waals surface area contributed by atoms with Gasteiger partial charge in [-0.2, -0.15) is 0 Å². The summed E-state index contributed by atoms with van der Waals surface area (Å²) in [6.45, 7) is 2.91. The zero-order valence-corrected chi connectivity index (χ0v) is 18.0. The molecule has 0 saturated carbocycles. The molecule has 2 aliphatic heterocycles. The van der Waals surface area contributed by atoms with Gasteiger partial charge in [-0.25, -0.2) is 8.78 Å². The van der Waals surface area contributed by atoms with Crippen molar-refractivity contribution < 1.29 is 23.5 Å². The van der Waals surface area contributed by atoms with Crippen LogP contribution >= 0.6 is 0 Å². The predicted octanol–water partition coefficient (Wildman–Crippen LogP) is 2.54. The molecule has 1 aromatic heterocycles. The maximum absolute atomic E-state index is 13.9. The number of hydrogen-bond donors (Lipinski definition) is 1. The number of hydrogen-bond acceptors (Lipinski definition) is 5. The number of pyridine rings is 1. The van der Waals surface area contributed by atoms with Crippen molar-refractivity contribution in [3.05, 3.63) is 63.1 Å². The fraction of sp³-hybridized carbons (Fsp3) is 0.435. The number of Topliss-reactive ketones (excluding diaryl/α,β-unsaturated/α-hetero) is 1. The minimum atomic E-state index is -0.913. The summed E-state index contributed by atoms with van der Waals surface area (Å²) in [5.74, 6) is -3.25. The van der Waals surface area contributed by atoms with E-state index in [0.29, 0.717) is 13.1 Å². The van der Waals surface area contributed by atoms with Gasteiger partial charge in [0.25, 0.3) is 5.91 Å². The maximum Gasteiger partial charge on any atom is 0.275 e. The van der Waals surface area contributed by atoms with Gasteiger partial charge in [0.05, 0.1) is 12.1 Å². The summed E-state index contributed by atoms with van der Waals surface area (Å²) in [5, 5.41) is 10.5. The molecule has 7 nitrogen and oxygen atoms in total. The highest BCUT2D eigenvalue weighted by Gasteiger charge is 2.40. The van der Waals surface area contributed by atoms with Crippen molar-refractivity contribution >= 4 is 11.7 Å². The molecule has 4 rings (SSSR count). The van der Waals surface area contributed by atoms with Crippen LogP contribution in [0.15, 0.2) is 29.2 Å². The van der Waals surface area contributed by atoms with E-state index in [4.69, 9.17) is 0 Å². The van der Waals surface area contributed by atoms with Gasteiger partial charge in [-0.05, 0) is 44.9 Å². The van der Waals surface area contributed by atoms with Crippen LogP contribution in [0.1, 0.15) is 52.6 Å². The number of carbonyl (C=O) groups is 2. The largest absolute Gasteiger partial charge is 0.503 e. The van der Waals surface area contributed by atoms with Crippen LogP contribution in [0, 0.1) is 11.6 Å². The van der Waals surface area contributed by atoms with Crippen molar-refractivity contribution in [1.82, 2.24) is 14.4 Å². The van der Waals surface area contributed by atoms with Crippen molar-refractivity contribution in [3.63, 3.8) is 0 Å². The zero-order chi connectivity index (χ0) is 23.2. The van der Waals surface area contributed by atoms with Crippen LogP contribution in [-0.2, 0) is 13.0 Å². The topological polar surface area (TPSA) is 82.9 Å². The molecule has 9 heteroatoms. The number of aromatic nitrogens is 1. The normalized spacial score (nSPS) is 21.1. The van der Waals surface area contributed by atoms with Gasteiger partial charge < -0.3 is 14.6 Å². The van der Waals surface area contributed by atoms with Crippen LogP contribution in [0.5, 0.6) is 5.75 Å². The van der Waals surface area contributed by atoms with Gasteiger partial charge in [0.1, 0.15) is 17.8 Å². The minimum Gasteiger partial charge on any atom is -0.503 e. The van der Waals surface area contributed by atoms with E-state index in [1.54, 1.807) is 4.90 Å². The van der Waals surface area contributed by atoms with Crippen LogP contribution in [0.4, 0.5) is 8.78 Å². The highest BCUT2D eigenvalue weighted by atomic mass is 19.1. The number of aromatic hydroxyl groups is 1. The molecular weight excluding hydrogens is 420 g/mol. The van der Waals surface area contributed by atoms with Crippen molar-refractivity contribution in [2.75, 3.05) is 13.6 Å². The van der Waals surface area contributed by atoms with Gasteiger partial charge in [-0.1, -0.05) is 6.07 Å². The molecule has 2 atom stereocenters. The van der Waals surface area contributed by atoms with Crippen molar-refractivity contribution in [1.29, 1.82) is 0 Å². The first-order chi connectivity index (χ1) is 15.2. The molecule has 1 saturated heterocycles. The number of amides is 1. The molecule has 32 heavy (non-hydrogen) atoms. The fourth-order valence-electron chi connectivity index (χ4n) is 4.52. The highest BCUT2D eigenvalue weighted by Crippen LogP contribution is 2.29. The quantitative estimate of drug-likeness (QED) is 0.732. The van der Waals surface area contributed by atoms with Crippen LogP contribution < -0.4 is 5.43 Å². The van der Waals surface area contributed by atoms with E-state index in [0.717, 1.165) is 25.0 Å². The third kappa shape index (κ3) is 3.81. The Morgan fingerprint density at radius 1 is 1.25 bits per heavy atom. The number of fused-ring (bicyclic) bond motifs is 2. The first kappa shape index (κ1) is 22.1. The molecule has 3 heterocycles. The number of aryl methyl sites for hydroxylation is 1. The van der Waals surface area contributed by atoms with Crippen LogP contribution in [0.2, 0.25) is 0 Å². The molecule has 1 amide bonds. The molecule has 0 spiro atoms. The van der Waals surface area contributed by atoms with Gasteiger partial charge >= 0.3 is 0 Å². The van der Waals surface area contributed by atoms with Crippen molar-refractivity contribution in [2.24, 2.45) is 0 Å². The Hall–Kier alpha value is -3.07. The van der Waals surface area contributed by atoms with Crippen LogP contribution in [0.25, 0.3) is 0 Å². The second kappa shape index (κ2) is 8.46. The van der Waals surface area contributed by atoms with Gasteiger partial charge in [0.2, 0.25) is 5.43 Å². The molecule has 2 aliphatic rings. The predicted molar refractivity (Wildman–Crippen MR) is 113 cm³/mol. The summed E-state index contributed by atoms with van der Waals surface area (Å²) in [6, 6.07) is 3.34. The van der Waals surface area contributed by atoms with Crippen LogP contribution in [0.3, 0.4) is 0 Å². The average molecular weight is 445 g/mol. The second-order valence-electron chi connectivity index (χ2n) is 8.52. The Morgan fingerprint density at radius 2 is 2.00 bits per heavy atom. The van der Waals surface area contributed by atoms with E-state index in [9.17, 15) is 28.3 Å². The third-order valence-electron chi connectivity index (χ3n) is 6.56. The number of rotatable bonds is 4. The number of halogens is 2. The summed E-state index contributed by atoms with van der Waals surface area (Å²) < 4.78 is 28.4. The Kier molecular flexibility index (Phi) is 5.85. The monoisotopic (exact) mass is 445 g/mol. The Balaban J connectivity index is 1.64. The molecule has 2 aromatic rings. The Bertz CT molecular complexity index is 1150. The lowest BCUT2D eigenvalue weighted by Crippen LogP contribution is -2.56. The SMILES string of the molecule is C[C@H]1CCCN2C(=O)c3c(O)c(=O)c(C(=O)CCc4ccc(F)cc4F)cn3CC2N1C. The first-order valence-corrected chi connectivity index (χ1v) is 10.7. The minimum absolute atomic E-state index is 0.0253. The molecule has 170 valence electrons. The maximum atomic E-state index is 13.9. The van der Waals surface area contributed by atoms with E-state index in [1.807, 2.05) is 7.05 Å². The molecule has 0 radical (unpaired) electrons. The van der Waals surface area contributed by atoms with Gasteiger partial charge in [-0.15, -0.1) is 0 Å². The van der Waals surface area contributed by atoms with Gasteiger partial charge in [-0.3, -0.25) is 19.3 Å². The number of ketones is 1. The average Bonchev–Trinajstić information content (AvgIpc) is 2.89. The summed E-state index contributed by atoms with van der Waals surface area (Å²) in [4.78, 5) is 42.3. The lowest BCUT2D eigenvalue weighted by Gasteiger charge is -2.42. The summed E-state index contributed by atoms with van der Waals surface area (Å²) >= 11 is 0.